The Balaban J connectivity index is 2.10. The molecule has 0 aromatic rings. The summed E-state index contributed by atoms with van der Waals surface area (Å²) >= 11 is 0. The number of hydrogen-bond acceptors (Lipinski definition) is 7. The van der Waals surface area contributed by atoms with Crippen LogP contribution >= 0.6 is 0 Å². The zero-order valence-electron chi connectivity index (χ0n) is 26.5. The van der Waals surface area contributed by atoms with Crippen LogP contribution in [0.4, 0.5) is 0 Å². The Bertz CT molecular complexity index is 829. The van der Waals surface area contributed by atoms with Gasteiger partial charge in [0, 0.05) is 18.8 Å². The molecule has 0 fully saturated rings. The zero-order valence-corrected chi connectivity index (χ0v) is 26.5. The molecular formula is C35H58O7. The van der Waals surface area contributed by atoms with Gasteiger partial charge in [-0.05, 0) is 50.0 Å². The Morgan fingerprint density at radius 2 is 1.48 bits per heavy atom. The van der Waals surface area contributed by atoms with Crippen LogP contribution < -0.4 is 0 Å². The lowest BCUT2D eigenvalue weighted by molar-refractivity contribution is -0.152. The van der Waals surface area contributed by atoms with Crippen molar-refractivity contribution in [3.05, 3.63) is 36.5 Å². The van der Waals surface area contributed by atoms with E-state index in [1.807, 2.05) is 24.3 Å². The molecule has 0 bridgehead atoms. The molecule has 0 radical (unpaired) electrons. The molecule has 0 aromatic heterocycles. The monoisotopic (exact) mass is 590 g/mol. The molecule has 240 valence electrons. The highest BCUT2D eigenvalue weighted by Crippen LogP contribution is 2.27. The minimum Gasteiger partial charge on any atom is -0.463 e. The Morgan fingerprint density at radius 3 is 2.14 bits per heavy atom. The lowest BCUT2D eigenvalue weighted by Crippen LogP contribution is -2.25. The average Bonchev–Trinajstić information content (AvgIpc) is 3.31. The molecule has 4 atom stereocenters. The maximum Gasteiger partial charge on any atom is 0.305 e. The molecule has 1 rings (SSSR count). The van der Waals surface area contributed by atoms with Crippen LogP contribution in [-0.4, -0.2) is 53.4 Å². The summed E-state index contributed by atoms with van der Waals surface area (Å²) in [4.78, 5) is 36.1. The van der Waals surface area contributed by atoms with Gasteiger partial charge in [0.1, 0.15) is 19.3 Å². The Morgan fingerprint density at radius 1 is 0.857 bits per heavy atom. The first-order valence-corrected chi connectivity index (χ1v) is 16.5. The maximum atomic E-state index is 12.2. The number of hydrogen-bond donors (Lipinski definition) is 2. The first-order chi connectivity index (χ1) is 20.2. The van der Waals surface area contributed by atoms with E-state index in [1.54, 1.807) is 12.2 Å². The van der Waals surface area contributed by atoms with Gasteiger partial charge >= 0.3 is 11.9 Å². The molecule has 7 heteroatoms. The van der Waals surface area contributed by atoms with Crippen LogP contribution in [0.2, 0.25) is 0 Å². The maximum absolute atomic E-state index is 12.2. The van der Waals surface area contributed by atoms with Gasteiger partial charge in [-0.2, -0.15) is 0 Å². The van der Waals surface area contributed by atoms with E-state index in [0.29, 0.717) is 19.3 Å². The molecule has 42 heavy (non-hydrogen) atoms. The normalized spacial score (nSPS) is 18.4. The van der Waals surface area contributed by atoms with Gasteiger partial charge in [-0.1, -0.05) is 109 Å². The summed E-state index contributed by atoms with van der Waals surface area (Å²) in [5.41, 5.74) is 0. The van der Waals surface area contributed by atoms with Crippen molar-refractivity contribution in [1.29, 1.82) is 0 Å². The fourth-order valence-electron chi connectivity index (χ4n) is 4.91. The number of aliphatic hydroxyl groups is 2. The van der Waals surface area contributed by atoms with E-state index in [2.05, 4.69) is 20.8 Å². The quantitative estimate of drug-likeness (QED) is 0.0657. The third-order valence-electron chi connectivity index (χ3n) is 7.55. The molecule has 0 saturated carbocycles. The topological polar surface area (TPSA) is 110 Å². The number of ketones is 1. The summed E-state index contributed by atoms with van der Waals surface area (Å²) in [5, 5.41) is 20.1. The summed E-state index contributed by atoms with van der Waals surface area (Å²) in [7, 11) is 0. The van der Waals surface area contributed by atoms with E-state index in [4.69, 9.17) is 9.47 Å². The van der Waals surface area contributed by atoms with E-state index in [0.717, 1.165) is 57.3 Å². The predicted octanol–water partition coefficient (Wildman–Crippen LogP) is 7.20. The largest absolute Gasteiger partial charge is 0.463 e. The predicted molar refractivity (Wildman–Crippen MR) is 168 cm³/mol. The highest BCUT2D eigenvalue weighted by atomic mass is 16.6. The Hall–Kier alpha value is -2.25. The number of carbonyl (C=O) groups is 3. The molecule has 0 heterocycles. The Labute approximate surface area is 254 Å². The van der Waals surface area contributed by atoms with E-state index < -0.39 is 18.2 Å². The summed E-state index contributed by atoms with van der Waals surface area (Å²) in [6, 6.07) is 0. The van der Waals surface area contributed by atoms with Gasteiger partial charge in [0.2, 0.25) is 0 Å². The van der Waals surface area contributed by atoms with Crippen molar-refractivity contribution >= 4 is 17.7 Å². The molecule has 2 N–H and O–H groups in total. The molecule has 0 saturated heterocycles. The summed E-state index contributed by atoms with van der Waals surface area (Å²) in [5.74, 6) is -0.0386. The number of allylic oxidation sites excluding steroid dienone is 5. The minimum absolute atomic E-state index is 0.0726. The molecule has 0 unspecified atom stereocenters. The van der Waals surface area contributed by atoms with E-state index in [9.17, 15) is 24.6 Å². The zero-order chi connectivity index (χ0) is 31.0. The number of unbranched alkanes of at least 4 members (excludes halogenated alkanes) is 8. The van der Waals surface area contributed by atoms with Gasteiger partial charge in [0.15, 0.2) is 5.78 Å². The smallest absolute Gasteiger partial charge is 0.305 e. The third kappa shape index (κ3) is 19.8. The van der Waals surface area contributed by atoms with Crippen LogP contribution in [0.5, 0.6) is 0 Å². The van der Waals surface area contributed by atoms with Crippen LogP contribution in [0.3, 0.4) is 0 Å². The highest BCUT2D eigenvalue weighted by molar-refractivity contribution is 5.95. The van der Waals surface area contributed by atoms with Crippen molar-refractivity contribution in [2.24, 2.45) is 17.8 Å². The van der Waals surface area contributed by atoms with Gasteiger partial charge in [0.05, 0.1) is 6.10 Å². The van der Waals surface area contributed by atoms with Gasteiger partial charge in [-0.15, -0.1) is 0 Å². The Kier molecular flexibility index (Phi) is 21.8. The van der Waals surface area contributed by atoms with Crippen LogP contribution in [0.15, 0.2) is 36.5 Å². The van der Waals surface area contributed by atoms with Crippen LogP contribution in [0.1, 0.15) is 124 Å². The molecule has 0 amide bonds. The van der Waals surface area contributed by atoms with Gasteiger partial charge in [-0.25, -0.2) is 0 Å². The van der Waals surface area contributed by atoms with Gasteiger partial charge in [0.25, 0.3) is 0 Å². The number of aliphatic hydroxyl groups excluding tert-OH is 2. The second-order valence-corrected chi connectivity index (χ2v) is 12.1. The first kappa shape index (κ1) is 37.8. The fraction of sp³-hybridized carbons (Fsp3) is 0.743. The van der Waals surface area contributed by atoms with Gasteiger partial charge < -0.3 is 19.7 Å². The molecule has 7 nitrogen and oxygen atoms in total. The lowest BCUT2D eigenvalue weighted by atomic mass is 9.90. The van der Waals surface area contributed by atoms with E-state index >= 15 is 0 Å². The number of rotatable bonds is 25. The molecule has 0 aromatic carbocycles. The summed E-state index contributed by atoms with van der Waals surface area (Å²) < 4.78 is 10.2. The standard InChI is InChI=1S/C35H58O7/c1-4-5-12-19-30(36)23-24-32-29(22-25-33(32)38)18-14-10-11-16-21-35(40)42-27-31(37)26-41-34(39)20-15-9-7-6-8-13-17-28(2)3/h10,14,22-25,28-32,36-37H,4-9,11-13,15-21,26-27H2,1-3H3/b14-10-,24-23+/t29-,30-,31-,32+/m0/s1. The number of ether oxygens (including phenoxy) is 2. The lowest BCUT2D eigenvalue weighted by Gasteiger charge is -2.13. The fourth-order valence-corrected chi connectivity index (χ4v) is 4.91. The van der Waals surface area contributed by atoms with Crippen LogP contribution in [0.25, 0.3) is 0 Å². The van der Waals surface area contributed by atoms with Crippen molar-refractivity contribution < 1.29 is 34.1 Å². The van der Waals surface area contributed by atoms with Crippen molar-refractivity contribution in [1.82, 2.24) is 0 Å². The second-order valence-electron chi connectivity index (χ2n) is 12.1. The van der Waals surface area contributed by atoms with E-state index in [1.165, 1.54) is 25.7 Å². The summed E-state index contributed by atoms with van der Waals surface area (Å²) in [6.07, 6.45) is 24.1. The molecular weight excluding hydrogens is 532 g/mol. The molecule has 1 aliphatic carbocycles. The van der Waals surface area contributed by atoms with Crippen molar-refractivity contribution in [3.8, 4) is 0 Å². The van der Waals surface area contributed by atoms with Crippen LogP contribution in [0, 0.1) is 17.8 Å². The molecule has 1 aliphatic rings. The molecule has 0 aliphatic heterocycles. The minimum atomic E-state index is -1.03. The van der Waals surface area contributed by atoms with E-state index in [-0.39, 0.29) is 43.2 Å². The van der Waals surface area contributed by atoms with Crippen LogP contribution in [-0.2, 0) is 23.9 Å². The molecule has 0 spiro atoms. The average molecular weight is 591 g/mol. The number of carbonyl (C=O) groups excluding carboxylic acids is 3. The first-order valence-electron chi connectivity index (χ1n) is 16.5. The SMILES string of the molecule is CCCCC[C@H](O)/C=C/[C@H]1C(=O)C=C[C@@H]1C/C=C\CCCC(=O)OC[C@@H](O)COC(=O)CCCCCCCCC(C)C. The highest BCUT2D eigenvalue weighted by Gasteiger charge is 2.26. The van der Waals surface area contributed by atoms with Crippen molar-refractivity contribution in [3.63, 3.8) is 0 Å². The van der Waals surface area contributed by atoms with Crippen molar-refractivity contribution in [2.75, 3.05) is 13.2 Å². The summed E-state index contributed by atoms with van der Waals surface area (Å²) in [6.45, 7) is 6.25. The second kappa shape index (κ2) is 24.2. The third-order valence-corrected chi connectivity index (χ3v) is 7.55. The van der Waals surface area contributed by atoms with Gasteiger partial charge in [-0.3, -0.25) is 14.4 Å². The van der Waals surface area contributed by atoms with Crippen molar-refractivity contribution in [2.45, 2.75) is 136 Å². The number of esters is 2.